The fraction of sp³-hybridized carbons (Fsp3) is 0.211. The van der Waals surface area contributed by atoms with E-state index in [4.69, 9.17) is 14.0 Å². The van der Waals surface area contributed by atoms with Crippen molar-refractivity contribution in [2.24, 2.45) is 0 Å². The second kappa shape index (κ2) is 8.15. The zero-order chi connectivity index (χ0) is 18.4. The van der Waals surface area contributed by atoms with Gasteiger partial charge in [0.05, 0.1) is 7.11 Å². The van der Waals surface area contributed by atoms with Crippen LogP contribution < -0.4 is 14.8 Å². The number of rotatable bonds is 7. The van der Waals surface area contributed by atoms with E-state index in [9.17, 15) is 4.79 Å². The minimum atomic E-state index is -0.264. The van der Waals surface area contributed by atoms with Crippen molar-refractivity contribution in [2.45, 2.75) is 13.3 Å². The molecule has 1 amide bonds. The highest BCUT2D eigenvalue weighted by atomic mass is 16.5. The quantitative estimate of drug-likeness (QED) is 0.701. The first-order valence-corrected chi connectivity index (χ1v) is 8.17. The summed E-state index contributed by atoms with van der Waals surface area (Å²) in [5, 5.41) is 6.72. The zero-order valence-electron chi connectivity index (χ0n) is 14.6. The van der Waals surface area contributed by atoms with Crippen LogP contribution in [-0.4, -0.2) is 29.8 Å². The van der Waals surface area contributed by atoms with Gasteiger partial charge in [0, 0.05) is 17.7 Å². The first kappa shape index (κ1) is 17.5. The lowest BCUT2D eigenvalue weighted by molar-refractivity contribution is -0.118. The fourth-order valence-corrected chi connectivity index (χ4v) is 2.27. The van der Waals surface area contributed by atoms with E-state index in [1.165, 1.54) is 0 Å². The first-order chi connectivity index (χ1) is 12.7. The first-order valence-electron chi connectivity index (χ1n) is 8.17. The molecule has 1 N–H and O–H groups in total. The number of benzene rings is 2. The van der Waals surface area contributed by atoms with Crippen LogP contribution in [0, 0.1) is 0 Å². The fourth-order valence-electron chi connectivity index (χ4n) is 2.27. The summed E-state index contributed by atoms with van der Waals surface area (Å²) >= 11 is 0. The second-order valence-electron chi connectivity index (χ2n) is 5.46. The van der Waals surface area contributed by atoms with Gasteiger partial charge < -0.3 is 19.3 Å². The molecule has 0 saturated heterocycles. The minimum absolute atomic E-state index is 0.0985. The van der Waals surface area contributed by atoms with Crippen LogP contribution >= 0.6 is 0 Å². The molecule has 3 rings (SSSR count). The third-order valence-corrected chi connectivity index (χ3v) is 3.60. The second-order valence-corrected chi connectivity index (χ2v) is 5.46. The standard InChI is InChI=1S/C19H19N3O4/c1-3-18-21-19(22-26-18)13-5-4-6-14(11-13)20-17(23)12-25-16-9-7-15(24-2)8-10-16/h4-11H,3,12H2,1-2H3,(H,20,23). The van der Waals surface area contributed by atoms with Gasteiger partial charge in [0.2, 0.25) is 11.7 Å². The highest BCUT2D eigenvalue weighted by molar-refractivity contribution is 5.92. The molecule has 2 aromatic carbocycles. The molecule has 0 radical (unpaired) electrons. The van der Waals surface area contributed by atoms with Gasteiger partial charge in [-0.2, -0.15) is 4.98 Å². The van der Waals surface area contributed by atoms with Gasteiger partial charge in [-0.25, -0.2) is 0 Å². The summed E-state index contributed by atoms with van der Waals surface area (Å²) in [4.78, 5) is 16.4. The molecule has 7 nitrogen and oxygen atoms in total. The van der Waals surface area contributed by atoms with E-state index in [0.29, 0.717) is 29.6 Å². The molecule has 0 fully saturated rings. The molecule has 1 aromatic heterocycles. The summed E-state index contributed by atoms with van der Waals surface area (Å²) in [6, 6.07) is 14.3. The Balaban J connectivity index is 1.59. The van der Waals surface area contributed by atoms with E-state index >= 15 is 0 Å². The Bertz CT molecular complexity index is 875. The number of amides is 1. The van der Waals surface area contributed by atoms with Crippen LogP contribution in [0.25, 0.3) is 11.4 Å². The molecule has 0 bridgehead atoms. The summed E-state index contributed by atoms with van der Waals surface area (Å²) in [6.45, 7) is 1.84. The predicted octanol–water partition coefficient (Wildman–Crippen LogP) is 3.33. The number of aromatic nitrogens is 2. The van der Waals surface area contributed by atoms with Crippen LogP contribution in [0.4, 0.5) is 5.69 Å². The number of aryl methyl sites for hydroxylation is 1. The number of nitrogens with one attached hydrogen (secondary N) is 1. The van der Waals surface area contributed by atoms with E-state index in [1.54, 1.807) is 43.5 Å². The van der Waals surface area contributed by atoms with Gasteiger partial charge in [0.25, 0.3) is 5.91 Å². The molecular weight excluding hydrogens is 334 g/mol. The topological polar surface area (TPSA) is 86.5 Å². The van der Waals surface area contributed by atoms with Crippen molar-refractivity contribution in [3.05, 3.63) is 54.4 Å². The SMILES string of the molecule is CCc1nc(-c2cccc(NC(=O)COc3ccc(OC)cc3)c2)no1. The van der Waals surface area contributed by atoms with Crippen LogP contribution in [-0.2, 0) is 11.2 Å². The molecule has 1 heterocycles. The summed E-state index contributed by atoms with van der Waals surface area (Å²) in [6.07, 6.45) is 0.673. The van der Waals surface area contributed by atoms with Crippen LogP contribution in [0.5, 0.6) is 11.5 Å². The maximum Gasteiger partial charge on any atom is 0.262 e. The van der Waals surface area contributed by atoms with Crippen molar-refractivity contribution in [1.82, 2.24) is 10.1 Å². The molecule has 134 valence electrons. The van der Waals surface area contributed by atoms with Crippen molar-refractivity contribution < 1.29 is 18.8 Å². The lowest BCUT2D eigenvalue weighted by atomic mass is 10.2. The number of nitrogens with zero attached hydrogens (tertiary/aromatic N) is 2. The zero-order valence-corrected chi connectivity index (χ0v) is 14.6. The Labute approximate surface area is 150 Å². The van der Waals surface area contributed by atoms with Crippen molar-refractivity contribution in [3.8, 4) is 22.9 Å². The number of hydrogen-bond donors (Lipinski definition) is 1. The average Bonchev–Trinajstić information content (AvgIpc) is 3.16. The van der Waals surface area contributed by atoms with E-state index in [-0.39, 0.29) is 12.5 Å². The van der Waals surface area contributed by atoms with Gasteiger partial charge in [-0.3, -0.25) is 4.79 Å². The predicted molar refractivity (Wildman–Crippen MR) is 96.2 cm³/mol. The van der Waals surface area contributed by atoms with Crippen LogP contribution in [0.2, 0.25) is 0 Å². The van der Waals surface area contributed by atoms with Crippen LogP contribution in [0.3, 0.4) is 0 Å². The number of ether oxygens (including phenoxy) is 2. The Morgan fingerprint density at radius 3 is 2.62 bits per heavy atom. The van der Waals surface area contributed by atoms with E-state index in [0.717, 1.165) is 11.3 Å². The van der Waals surface area contributed by atoms with Gasteiger partial charge in [0.15, 0.2) is 6.61 Å². The van der Waals surface area contributed by atoms with Crippen molar-refractivity contribution in [3.63, 3.8) is 0 Å². The van der Waals surface area contributed by atoms with E-state index in [1.807, 2.05) is 19.1 Å². The van der Waals surface area contributed by atoms with Crippen LogP contribution in [0.15, 0.2) is 53.1 Å². The summed E-state index contributed by atoms with van der Waals surface area (Å²) in [5.41, 5.74) is 1.40. The Hall–Kier alpha value is -3.35. The summed E-state index contributed by atoms with van der Waals surface area (Å²) < 4.78 is 15.7. The van der Waals surface area contributed by atoms with Gasteiger partial charge >= 0.3 is 0 Å². The maximum atomic E-state index is 12.1. The van der Waals surface area contributed by atoms with E-state index in [2.05, 4.69) is 15.5 Å². The lowest BCUT2D eigenvalue weighted by Crippen LogP contribution is -2.20. The number of methoxy groups -OCH3 is 1. The molecule has 26 heavy (non-hydrogen) atoms. The largest absolute Gasteiger partial charge is 0.497 e. The third kappa shape index (κ3) is 4.38. The lowest BCUT2D eigenvalue weighted by Gasteiger charge is -2.08. The maximum absolute atomic E-state index is 12.1. The summed E-state index contributed by atoms with van der Waals surface area (Å²) in [5.74, 6) is 2.12. The molecule has 0 spiro atoms. The summed E-state index contributed by atoms with van der Waals surface area (Å²) in [7, 11) is 1.59. The molecule has 0 aliphatic rings. The Morgan fingerprint density at radius 1 is 1.15 bits per heavy atom. The smallest absolute Gasteiger partial charge is 0.262 e. The van der Waals surface area contributed by atoms with Crippen molar-refractivity contribution >= 4 is 11.6 Å². The molecule has 3 aromatic rings. The van der Waals surface area contributed by atoms with Gasteiger partial charge in [-0.15, -0.1) is 0 Å². The van der Waals surface area contributed by atoms with Gasteiger partial charge in [0.1, 0.15) is 11.5 Å². The average molecular weight is 353 g/mol. The van der Waals surface area contributed by atoms with Crippen LogP contribution in [0.1, 0.15) is 12.8 Å². The number of anilines is 1. The molecule has 0 aliphatic heterocycles. The molecule has 0 unspecified atom stereocenters. The molecule has 7 heteroatoms. The Morgan fingerprint density at radius 2 is 1.92 bits per heavy atom. The minimum Gasteiger partial charge on any atom is -0.497 e. The van der Waals surface area contributed by atoms with E-state index < -0.39 is 0 Å². The number of hydrogen-bond acceptors (Lipinski definition) is 6. The molecule has 0 atom stereocenters. The molecule has 0 aliphatic carbocycles. The normalized spacial score (nSPS) is 10.4. The van der Waals surface area contributed by atoms with Crippen molar-refractivity contribution in [1.29, 1.82) is 0 Å². The monoisotopic (exact) mass is 353 g/mol. The molecule has 0 saturated carbocycles. The number of carbonyl (C=O) groups excluding carboxylic acids is 1. The van der Waals surface area contributed by atoms with Crippen molar-refractivity contribution in [2.75, 3.05) is 19.0 Å². The third-order valence-electron chi connectivity index (χ3n) is 3.60. The highest BCUT2D eigenvalue weighted by Crippen LogP contribution is 2.20. The number of carbonyl (C=O) groups is 1. The van der Waals surface area contributed by atoms with Gasteiger partial charge in [-0.05, 0) is 36.4 Å². The molecular formula is C19H19N3O4. The Kier molecular flexibility index (Phi) is 5.48. The highest BCUT2D eigenvalue weighted by Gasteiger charge is 2.09. The van der Waals surface area contributed by atoms with Gasteiger partial charge in [-0.1, -0.05) is 24.2 Å².